The van der Waals surface area contributed by atoms with E-state index < -0.39 is 126 Å². The van der Waals surface area contributed by atoms with Gasteiger partial charge in [0.25, 0.3) is 0 Å². The highest BCUT2D eigenvalue weighted by Crippen LogP contribution is 2.76. The summed E-state index contributed by atoms with van der Waals surface area (Å²) in [6.45, 7) is 11.1. The van der Waals surface area contributed by atoms with Gasteiger partial charge < -0.3 is 70.0 Å². The number of hydrogen-bond donors (Lipinski definition) is 10. The van der Waals surface area contributed by atoms with Crippen LogP contribution in [0.15, 0.2) is 11.6 Å². The molecule has 56 heavy (non-hydrogen) atoms. The second-order valence-corrected chi connectivity index (χ2v) is 20.3. The number of carboxylic acid groups (broad SMARTS) is 1. The molecule has 2 aliphatic heterocycles. The Labute approximate surface area is 328 Å². The Balaban J connectivity index is 1.31. The first-order valence-corrected chi connectivity index (χ1v) is 20.6. The predicted molar refractivity (Wildman–Crippen MR) is 196 cm³/mol. The number of carboxylic acids is 1. The number of aliphatic hydroxyl groups excluding tert-OH is 9. The molecule has 15 nitrogen and oxygen atoms in total. The molecule has 5 aliphatic carbocycles. The number of ether oxygens (including phenoxy) is 4. The van der Waals surface area contributed by atoms with E-state index >= 15 is 0 Å². The molecule has 0 aromatic heterocycles. The van der Waals surface area contributed by atoms with Crippen molar-refractivity contribution in [1.82, 2.24) is 0 Å². The lowest BCUT2D eigenvalue weighted by Crippen LogP contribution is -2.70. The lowest BCUT2D eigenvalue weighted by Gasteiger charge is -2.72. The van der Waals surface area contributed by atoms with Gasteiger partial charge in [0.05, 0.1) is 38.1 Å². The number of aliphatic hydroxyl groups is 9. The minimum Gasteiger partial charge on any atom is -0.481 e. The molecule has 7 rings (SSSR count). The van der Waals surface area contributed by atoms with Crippen molar-refractivity contribution in [2.24, 2.45) is 50.2 Å². The molecular formula is C41H66O15. The zero-order chi connectivity index (χ0) is 41.1. The quantitative estimate of drug-likeness (QED) is 0.150. The maximum absolute atomic E-state index is 14.0. The third-order valence-corrected chi connectivity index (χ3v) is 17.1. The van der Waals surface area contributed by atoms with Crippen molar-refractivity contribution in [2.45, 2.75) is 167 Å². The van der Waals surface area contributed by atoms with Crippen molar-refractivity contribution in [3.8, 4) is 0 Å². The van der Waals surface area contributed by atoms with Gasteiger partial charge in [-0.2, -0.15) is 0 Å². The summed E-state index contributed by atoms with van der Waals surface area (Å²) in [4.78, 5) is 14.0. The molecule has 0 unspecified atom stereocenters. The van der Waals surface area contributed by atoms with E-state index in [1.807, 2.05) is 6.92 Å². The second-order valence-electron chi connectivity index (χ2n) is 20.3. The van der Waals surface area contributed by atoms with Gasteiger partial charge in [0.15, 0.2) is 12.6 Å². The van der Waals surface area contributed by atoms with Gasteiger partial charge in [-0.15, -0.1) is 0 Å². The summed E-state index contributed by atoms with van der Waals surface area (Å²) in [6, 6.07) is 0. The van der Waals surface area contributed by atoms with Crippen LogP contribution in [-0.2, 0) is 23.7 Å². The summed E-state index contributed by atoms with van der Waals surface area (Å²) in [7, 11) is 0. The smallest absolute Gasteiger partial charge is 0.312 e. The molecule has 0 radical (unpaired) electrons. The van der Waals surface area contributed by atoms with Crippen LogP contribution in [0.2, 0.25) is 0 Å². The van der Waals surface area contributed by atoms with Crippen molar-refractivity contribution in [1.29, 1.82) is 0 Å². The topological polar surface area (TPSA) is 256 Å². The standard InChI is InChI=1S/C41H66O15/c1-36(2)11-12-41(35(51)52)20(13-36)19-7-8-25-37(3)14-21(45)32(50)38(4,18-44)24(37)9-10-39(25,5)40(19,6)15-26(41)55-34-31(29(48)27(46)22(16-42)54-34)56-33-30(49)28(47)23(17-43)53-33/h7,20-34,42-50H,8-18H2,1-6H3,(H,51,52)/t20-,21-,22+,23+,24+,25+,26+,27+,28+,29-,30-,31+,32-,33-,34-,37-,38-,39+,40+,41+/m0/s1. The highest BCUT2D eigenvalue weighted by atomic mass is 16.8. The van der Waals surface area contributed by atoms with E-state index in [9.17, 15) is 55.9 Å². The van der Waals surface area contributed by atoms with E-state index in [0.717, 1.165) is 5.57 Å². The third kappa shape index (κ3) is 5.96. The molecule has 7 aliphatic rings. The number of fused-ring (bicyclic) bond motifs is 7. The van der Waals surface area contributed by atoms with Gasteiger partial charge in [-0.05, 0) is 90.8 Å². The molecule has 2 heterocycles. The maximum Gasteiger partial charge on any atom is 0.312 e. The van der Waals surface area contributed by atoms with Crippen LogP contribution in [0, 0.1) is 50.2 Å². The normalized spacial score (nSPS) is 55.3. The highest BCUT2D eigenvalue weighted by Gasteiger charge is 2.73. The number of aliphatic carboxylic acids is 1. The zero-order valence-corrected chi connectivity index (χ0v) is 33.5. The van der Waals surface area contributed by atoms with Gasteiger partial charge >= 0.3 is 5.97 Å². The summed E-state index contributed by atoms with van der Waals surface area (Å²) in [5.41, 5.74) is -3.12. The first-order chi connectivity index (χ1) is 26.1. The lowest BCUT2D eigenvalue weighted by molar-refractivity contribution is -0.356. The Hall–Kier alpha value is -1.31. The molecular weight excluding hydrogens is 732 g/mol. The molecule has 0 spiro atoms. The Morgan fingerprint density at radius 2 is 1.39 bits per heavy atom. The first kappa shape index (κ1) is 42.8. The third-order valence-electron chi connectivity index (χ3n) is 17.1. The molecule has 20 atom stereocenters. The first-order valence-electron chi connectivity index (χ1n) is 20.6. The molecule has 6 fully saturated rings. The summed E-state index contributed by atoms with van der Waals surface area (Å²) >= 11 is 0. The van der Waals surface area contributed by atoms with Crippen LogP contribution in [0.3, 0.4) is 0 Å². The van der Waals surface area contributed by atoms with Gasteiger partial charge in [0.2, 0.25) is 0 Å². The summed E-state index contributed by atoms with van der Waals surface area (Å²) < 4.78 is 24.6. The Bertz CT molecular complexity index is 1520. The van der Waals surface area contributed by atoms with Crippen molar-refractivity contribution < 1.29 is 74.8 Å². The molecule has 320 valence electrons. The van der Waals surface area contributed by atoms with Gasteiger partial charge in [-0.3, -0.25) is 4.79 Å². The van der Waals surface area contributed by atoms with Crippen molar-refractivity contribution in [3.05, 3.63) is 11.6 Å². The van der Waals surface area contributed by atoms with Gasteiger partial charge in [0.1, 0.15) is 48.1 Å². The minimum absolute atomic E-state index is 0.0187. The fourth-order valence-corrected chi connectivity index (χ4v) is 13.6. The Kier molecular flexibility index (Phi) is 11.0. The molecule has 0 amide bonds. The van der Waals surface area contributed by atoms with Crippen LogP contribution >= 0.6 is 0 Å². The van der Waals surface area contributed by atoms with E-state index in [4.69, 9.17) is 18.9 Å². The average molecular weight is 799 g/mol. The SMILES string of the molecule is CC1(C)CC[C@]2(C(=O)O)[C@H](O[C@@H]3O[C@H](CO)[C@@H](O)[C@H](O)[C@H]3O[C@@H]3O[C@H](CO)[C@@H](O)[C@@H]3O)C[C@]3(C)C(=CC[C@@H]4[C@@]5(C)C[C@H](O)[C@H](O)[C@@](C)(CO)[C@@H]5CC[C@]43C)[C@@H]2C1. The largest absolute Gasteiger partial charge is 0.481 e. The summed E-state index contributed by atoms with van der Waals surface area (Å²) in [6.07, 6.45) is -10.8. The van der Waals surface area contributed by atoms with Crippen molar-refractivity contribution in [2.75, 3.05) is 19.8 Å². The Morgan fingerprint density at radius 3 is 2.00 bits per heavy atom. The van der Waals surface area contributed by atoms with Gasteiger partial charge in [-0.1, -0.05) is 53.2 Å². The number of hydrogen-bond acceptors (Lipinski definition) is 14. The van der Waals surface area contributed by atoms with E-state index in [-0.39, 0.29) is 36.7 Å². The number of allylic oxidation sites excluding steroid dienone is 2. The van der Waals surface area contributed by atoms with Crippen molar-refractivity contribution in [3.63, 3.8) is 0 Å². The van der Waals surface area contributed by atoms with E-state index in [1.165, 1.54) is 0 Å². The fourth-order valence-electron chi connectivity index (χ4n) is 13.6. The van der Waals surface area contributed by atoms with Crippen LogP contribution in [0.4, 0.5) is 0 Å². The van der Waals surface area contributed by atoms with Crippen LogP contribution in [0.5, 0.6) is 0 Å². The molecule has 4 saturated carbocycles. The van der Waals surface area contributed by atoms with Crippen LogP contribution in [0.25, 0.3) is 0 Å². The van der Waals surface area contributed by atoms with E-state index in [1.54, 1.807) is 0 Å². The summed E-state index contributed by atoms with van der Waals surface area (Å²) in [5.74, 6) is -1.61. The lowest BCUT2D eigenvalue weighted by atomic mass is 9.33. The molecule has 0 bridgehead atoms. The van der Waals surface area contributed by atoms with E-state index in [0.29, 0.717) is 38.5 Å². The van der Waals surface area contributed by atoms with Crippen LogP contribution in [0.1, 0.15) is 92.9 Å². The number of rotatable bonds is 8. The van der Waals surface area contributed by atoms with Crippen molar-refractivity contribution >= 4 is 5.97 Å². The average Bonchev–Trinajstić information content (AvgIpc) is 3.41. The predicted octanol–water partition coefficient (Wildman–Crippen LogP) is 0.435. The highest BCUT2D eigenvalue weighted by molar-refractivity contribution is 5.77. The fraction of sp³-hybridized carbons (Fsp3) is 0.927. The molecule has 15 heteroatoms. The van der Waals surface area contributed by atoms with Crippen LogP contribution in [-0.4, -0.2) is 150 Å². The molecule has 10 N–H and O–H groups in total. The second kappa shape index (κ2) is 14.4. The molecule has 2 saturated heterocycles. The van der Waals surface area contributed by atoms with E-state index in [2.05, 4.69) is 40.7 Å². The number of carbonyl (C=O) groups is 1. The van der Waals surface area contributed by atoms with Crippen LogP contribution < -0.4 is 0 Å². The monoisotopic (exact) mass is 798 g/mol. The van der Waals surface area contributed by atoms with Gasteiger partial charge in [-0.25, -0.2) is 0 Å². The molecule has 0 aromatic carbocycles. The molecule has 0 aromatic rings. The zero-order valence-electron chi connectivity index (χ0n) is 33.5. The summed E-state index contributed by atoms with van der Waals surface area (Å²) in [5, 5.41) is 108. The Morgan fingerprint density at radius 1 is 0.768 bits per heavy atom. The van der Waals surface area contributed by atoms with Gasteiger partial charge in [0, 0.05) is 5.41 Å². The maximum atomic E-state index is 14.0. The minimum atomic E-state index is -1.76.